The largest absolute Gasteiger partial charge is 0.352 e. The lowest BCUT2D eigenvalue weighted by Crippen LogP contribution is -2.38. The molecular weight excluding hydrogens is 444 g/mol. The Morgan fingerprint density at radius 3 is 2.66 bits per heavy atom. The minimum atomic E-state index is -0.535. The lowest BCUT2D eigenvalue weighted by Gasteiger charge is -2.18. The van der Waals surface area contributed by atoms with Gasteiger partial charge in [-0.1, -0.05) is 0 Å². The highest BCUT2D eigenvalue weighted by atomic mass is 79.9. The van der Waals surface area contributed by atoms with Crippen LogP contribution in [0.3, 0.4) is 0 Å². The molecule has 1 aliphatic carbocycles. The van der Waals surface area contributed by atoms with Crippen molar-refractivity contribution in [1.29, 1.82) is 0 Å². The minimum absolute atomic E-state index is 0.0599. The van der Waals surface area contributed by atoms with Gasteiger partial charge < -0.3 is 10.6 Å². The monoisotopic (exact) mass is 463 g/mol. The van der Waals surface area contributed by atoms with Gasteiger partial charge in [0, 0.05) is 25.2 Å². The number of halogens is 3. The van der Waals surface area contributed by atoms with Gasteiger partial charge in [-0.2, -0.15) is 0 Å². The van der Waals surface area contributed by atoms with Gasteiger partial charge in [0.2, 0.25) is 0 Å². The van der Waals surface area contributed by atoms with E-state index in [2.05, 4.69) is 26.6 Å². The molecule has 0 spiro atoms. The molecule has 0 saturated heterocycles. The number of amides is 3. The smallest absolute Gasteiger partial charge is 0.322 e. The summed E-state index contributed by atoms with van der Waals surface area (Å²) in [4.78, 5) is 26.3. The third-order valence-corrected chi connectivity index (χ3v) is 5.78. The van der Waals surface area contributed by atoms with Crippen LogP contribution in [0.2, 0.25) is 0 Å². The molecule has 0 radical (unpaired) electrons. The summed E-state index contributed by atoms with van der Waals surface area (Å²) in [7, 11) is 0. The van der Waals surface area contributed by atoms with Gasteiger partial charge in [-0.3, -0.25) is 9.69 Å². The number of benzene rings is 2. The Morgan fingerprint density at radius 2 is 1.90 bits per heavy atom. The standard InChI is InChI=1S/C21H20BrF2N3O2/c22-17-8-14-3-4-27(19(14)9-18(17)24)21(29)26-11-13-5-15(7-16(23)6-13)20(28)25-10-12-1-2-12/h5-9,12H,1-4,10-11H2,(H,25,28)(H,26,29). The highest BCUT2D eigenvalue weighted by Gasteiger charge is 2.26. The average Bonchev–Trinajstić information content (AvgIpc) is 3.44. The Bertz CT molecular complexity index is 979. The Balaban J connectivity index is 1.41. The molecule has 0 atom stereocenters. The summed E-state index contributed by atoms with van der Waals surface area (Å²) in [5.41, 5.74) is 2.13. The molecule has 3 amide bonds. The summed E-state index contributed by atoms with van der Waals surface area (Å²) in [6.45, 7) is 1.10. The fourth-order valence-corrected chi connectivity index (χ4v) is 3.80. The molecule has 2 N–H and O–H groups in total. The number of fused-ring (bicyclic) bond motifs is 1. The van der Waals surface area contributed by atoms with E-state index in [9.17, 15) is 18.4 Å². The van der Waals surface area contributed by atoms with E-state index in [1.165, 1.54) is 23.1 Å². The summed E-state index contributed by atoms with van der Waals surface area (Å²) in [6.07, 6.45) is 2.86. The van der Waals surface area contributed by atoms with Crippen LogP contribution in [-0.4, -0.2) is 25.0 Å². The van der Waals surface area contributed by atoms with Gasteiger partial charge in [0.1, 0.15) is 11.6 Å². The van der Waals surface area contributed by atoms with Crippen molar-refractivity contribution in [3.8, 4) is 0 Å². The van der Waals surface area contributed by atoms with E-state index in [0.717, 1.165) is 18.4 Å². The number of hydrogen-bond donors (Lipinski definition) is 2. The molecule has 2 aliphatic rings. The normalized spacial score (nSPS) is 15.2. The quantitative estimate of drug-likeness (QED) is 0.699. The SMILES string of the molecule is O=C(NCC1CC1)c1cc(F)cc(CNC(=O)N2CCc3cc(Br)c(F)cc32)c1. The second-order valence-corrected chi connectivity index (χ2v) is 8.31. The summed E-state index contributed by atoms with van der Waals surface area (Å²) in [6, 6.07) is 6.65. The molecule has 152 valence electrons. The zero-order chi connectivity index (χ0) is 20.5. The van der Waals surface area contributed by atoms with Crippen molar-refractivity contribution < 1.29 is 18.4 Å². The first kappa shape index (κ1) is 19.8. The van der Waals surface area contributed by atoms with E-state index in [1.54, 1.807) is 12.1 Å². The number of anilines is 1. The number of hydrogen-bond acceptors (Lipinski definition) is 2. The Morgan fingerprint density at radius 1 is 1.10 bits per heavy atom. The van der Waals surface area contributed by atoms with Crippen LogP contribution in [0.4, 0.5) is 19.3 Å². The topological polar surface area (TPSA) is 61.4 Å². The van der Waals surface area contributed by atoms with E-state index in [0.29, 0.717) is 41.2 Å². The van der Waals surface area contributed by atoms with Crippen LogP contribution in [-0.2, 0) is 13.0 Å². The lowest BCUT2D eigenvalue weighted by atomic mass is 10.1. The minimum Gasteiger partial charge on any atom is -0.352 e. The van der Waals surface area contributed by atoms with Crippen molar-refractivity contribution in [3.05, 3.63) is 63.1 Å². The number of rotatable bonds is 5. The highest BCUT2D eigenvalue weighted by molar-refractivity contribution is 9.10. The first-order valence-corrected chi connectivity index (χ1v) is 10.3. The molecule has 2 aromatic rings. The van der Waals surface area contributed by atoms with Crippen molar-refractivity contribution >= 4 is 33.6 Å². The van der Waals surface area contributed by atoms with Crippen molar-refractivity contribution in [2.24, 2.45) is 5.92 Å². The molecule has 1 saturated carbocycles. The fraction of sp³-hybridized carbons (Fsp3) is 0.333. The van der Waals surface area contributed by atoms with Gasteiger partial charge in [0.15, 0.2) is 0 Å². The molecule has 0 aromatic heterocycles. The maximum absolute atomic E-state index is 14.0. The van der Waals surface area contributed by atoms with Gasteiger partial charge >= 0.3 is 6.03 Å². The number of carbonyl (C=O) groups excluding carboxylic acids is 2. The van der Waals surface area contributed by atoms with Gasteiger partial charge in [-0.25, -0.2) is 13.6 Å². The van der Waals surface area contributed by atoms with Gasteiger partial charge in [-0.15, -0.1) is 0 Å². The summed E-state index contributed by atoms with van der Waals surface area (Å²) in [5.74, 6) is -0.763. The molecule has 8 heteroatoms. The average molecular weight is 464 g/mol. The molecule has 2 aromatic carbocycles. The predicted molar refractivity (Wildman–Crippen MR) is 109 cm³/mol. The first-order valence-electron chi connectivity index (χ1n) is 9.51. The lowest BCUT2D eigenvalue weighted by molar-refractivity contribution is 0.0951. The molecule has 5 nitrogen and oxygen atoms in total. The molecule has 1 heterocycles. The van der Waals surface area contributed by atoms with Crippen LogP contribution >= 0.6 is 15.9 Å². The molecule has 1 aliphatic heterocycles. The third-order valence-electron chi connectivity index (χ3n) is 5.17. The number of carbonyl (C=O) groups is 2. The maximum Gasteiger partial charge on any atom is 0.322 e. The number of urea groups is 1. The van der Waals surface area contributed by atoms with Crippen LogP contribution in [0.1, 0.15) is 34.3 Å². The van der Waals surface area contributed by atoms with Crippen LogP contribution in [0, 0.1) is 17.6 Å². The van der Waals surface area contributed by atoms with E-state index in [1.807, 2.05) is 0 Å². The Labute approximate surface area is 175 Å². The third kappa shape index (κ3) is 4.58. The van der Waals surface area contributed by atoms with Crippen molar-refractivity contribution in [1.82, 2.24) is 10.6 Å². The van der Waals surface area contributed by atoms with Gasteiger partial charge in [0.25, 0.3) is 5.91 Å². The van der Waals surface area contributed by atoms with Crippen LogP contribution < -0.4 is 15.5 Å². The Hall–Kier alpha value is -2.48. The molecule has 1 fully saturated rings. The van der Waals surface area contributed by atoms with E-state index in [4.69, 9.17) is 0 Å². The van der Waals surface area contributed by atoms with Gasteiger partial charge in [0.05, 0.1) is 10.2 Å². The van der Waals surface area contributed by atoms with Gasteiger partial charge in [-0.05, 0) is 82.6 Å². The zero-order valence-corrected chi connectivity index (χ0v) is 17.2. The summed E-state index contributed by atoms with van der Waals surface area (Å²) >= 11 is 3.15. The predicted octanol–water partition coefficient (Wildman–Crippen LogP) is 4.14. The van der Waals surface area contributed by atoms with E-state index >= 15 is 0 Å². The fourth-order valence-electron chi connectivity index (χ4n) is 3.41. The first-order chi connectivity index (χ1) is 13.9. The van der Waals surface area contributed by atoms with Crippen LogP contribution in [0.15, 0.2) is 34.8 Å². The zero-order valence-electron chi connectivity index (χ0n) is 15.6. The molecule has 0 bridgehead atoms. The van der Waals surface area contributed by atoms with Crippen LogP contribution in [0.25, 0.3) is 0 Å². The molecular formula is C21H20BrF2N3O2. The summed E-state index contributed by atoms with van der Waals surface area (Å²) < 4.78 is 28.2. The van der Waals surface area contributed by atoms with Crippen molar-refractivity contribution in [2.75, 3.05) is 18.0 Å². The molecule has 29 heavy (non-hydrogen) atoms. The second-order valence-electron chi connectivity index (χ2n) is 7.46. The number of nitrogens with one attached hydrogen (secondary N) is 2. The van der Waals surface area contributed by atoms with Crippen LogP contribution in [0.5, 0.6) is 0 Å². The number of nitrogens with zero attached hydrogens (tertiary/aromatic N) is 1. The van der Waals surface area contributed by atoms with Crippen molar-refractivity contribution in [3.63, 3.8) is 0 Å². The van der Waals surface area contributed by atoms with E-state index in [-0.39, 0.29) is 18.0 Å². The van der Waals surface area contributed by atoms with E-state index < -0.39 is 17.7 Å². The maximum atomic E-state index is 14.0. The van der Waals surface area contributed by atoms with Crippen molar-refractivity contribution in [2.45, 2.75) is 25.8 Å². The summed E-state index contributed by atoms with van der Waals surface area (Å²) in [5, 5.41) is 5.53. The molecule has 0 unspecified atom stereocenters. The molecule has 4 rings (SSSR count). The highest BCUT2D eigenvalue weighted by Crippen LogP contribution is 2.32. The second kappa shape index (κ2) is 8.10. The Kier molecular flexibility index (Phi) is 5.54.